The standard InChI is InChI=1S/C22H24FN3O2S/c1-26(15-9-3-2-4-10-15)21(28)17-12-6-8-14-19(17)24-22(29)25-20(27)16-11-5-7-13-18(16)23/h5-8,11-15H,2-4,9-10H2,1H3,(H2,24,25,27,29). The van der Waals surface area contributed by atoms with Crippen molar-refractivity contribution in [3.8, 4) is 0 Å². The number of rotatable bonds is 4. The van der Waals surface area contributed by atoms with Gasteiger partial charge in [0.1, 0.15) is 5.82 Å². The first-order valence-corrected chi connectivity index (χ1v) is 10.1. The number of hydrogen-bond acceptors (Lipinski definition) is 3. The molecule has 3 rings (SSSR count). The van der Waals surface area contributed by atoms with Crippen molar-refractivity contribution in [2.24, 2.45) is 0 Å². The Morgan fingerprint density at radius 1 is 1.00 bits per heavy atom. The summed E-state index contributed by atoms with van der Waals surface area (Å²) in [5, 5.41) is 5.36. The quantitative estimate of drug-likeness (QED) is 0.732. The van der Waals surface area contributed by atoms with Gasteiger partial charge in [-0.25, -0.2) is 4.39 Å². The molecule has 0 aromatic heterocycles. The van der Waals surface area contributed by atoms with E-state index in [9.17, 15) is 14.0 Å². The van der Waals surface area contributed by atoms with E-state index in [1.165, 1.54) is 24.6 Å². The first-order valence-electron chi connectivity index (χ1n) is 9.70. The molecule has 1 fully saturated rings. The molecule has 0 radical (unpaired) electrons. The maximum Gasteiger partial charge on any atom is 0.260 e. The first kappa shape index (κ1) is 20.9. The Bertz CT molecular complexity index is 912. The fraction of sp³-hybridized carbons (Fsp3) is 0.318. The maximum atomic E-state index is 13.8. The van der Waals surface area contributed by atoms with Gasteiger partial charge < -0.3 is 10.2 Å². The SMILES string of the molecule is CN(C(=O)c1ccccc1NC(=S)NC(=O)c1ccccc1F)C1CCCCC1. The molecule has 0 unspecified atom stereocenters. The molecule has 0 heterocycles. The molecule has 5 nitrogen and oxygen atoms in total. The lowest BCUT2D eigenvalue weighted by Crippen LogP contribution is -2.39. The van der Waals surface area contributed by atoms with E-state index in [1.807, 2.05) is 7.05 Å². The third-order valence-corrected chi connectivity index (χ3v) is 5.40. The highest BCUT2D eigenvalue weighted by Crippen LogP contribution is 2.25. The largest absolute Gasteiger partial charge is 0.339 e. The van der Waals surface area contributed by atoms with Gasteiger partial charge in [-0.3, -0.25) is 14.9 Å². The predicted molar refractivity (Wildman–Crippen MR) is 115 cm³/mol. The molecule has 0 aliphatic heterocycles. The molecule has 29 heavy (non-hydrogen) atoms. The number of halogens is 1. The monoisotopic (exact) mass is 413 g/mol. The van der Waals surface area contributed by atoms with Gasteiger partial charge in [-0.1, -0.05) is 43.5 Å². The van der Waals surface area contributed by atoms with Crippen LogP contribution in [0.3, 0.4) is 0 Å². The van der Waals surface area contributed by atoms with Crippen LogP contribution in [0.2, 0.25) is 0 Å². The molecule has 0 saturated heterocycles. The summed E-state index contributed by atoms with van der Waals surface area (Å²) in [6, 6.07) is 12.9. The van der Waals surface area contributed by atoms with Crippen molar-refractivity contribution in [3.63, 3.8) is 0 Å². The second kappa shape index (κ2) is 9.60. The predicted octanol–water partition coefficient (Wildman–Crippen LogP) is 4.36. The van der Waals surface area contributed by atoms with Crippen LogP contribution in [0.15, 0.2) is 48.5 Å². The molecule has 0 atom stereocenters. The van der Waals surface area contributed by atoms with Crippen LogP contribution in [-0.2, 0) is 0 Å². The molecule has 2 aromatic carbocycles. The number of para-hydroxylation sites is 1. The van der Waals surface area contributed by atoms with Crippen molar-refractivity contribution in [2.75, 3.05) is 12.4 Å². The summed E-state index contributed by atoms with van der Waals surface area (Å²) in [7, 11) is 1.83. The van der Waals surface area contributed by atoms with Gasteiger partial charge in [0.05, 0.1) is 16.8 Å². The molecular weight excluding hydrogens is 389 g/mol. The Balaban J connectivity index is 1.70. The van der Waals surface area contributed by atoms with Crippen LogP contribution < -0.4 is 10.6 Å². The fourth-order valence-electron chi connectivity index (χ4n) is 3.57. The number of nitrogens with one attached hydrogen (secondary N) is 2. The smallest absolute Gasteiger partial charge is 0.260 e. The van der Waals surface area contributed by atoms with Crippen LogP contribution in [-0.4, -0.2) is 34.9 Å². The summed E-state index contributed by atoms with van der Waals surface area (Å²) < 4.78 is 13.8. The van der Waals surface area contributed by atoms with Crippen LogP contribution in [0.1, 0.15) is 52.8 Å². The van der Waals surface area contributed by atoms with E-state index in [4.69, 9.17) is 12.2 Å². The summed E-state index contributed by atoms with van der Waals surface area (Å²) in [6.07, 6.45) is 5.50. The molecule has 2 N–H and O–H groups in total. The number of anilines is 1. The molecule has 1 aliphatic carbocycles. The zero-order valence-corrected chi connectivity index (χ0v) is 17.1. The zero-order chi connectivity index (χ0) is 20.8. The van der Waals surface area contributed by atoms with Gasteiger partial charge in [-0.05, 0) is 49.3 Å². The maximum absolute atomic E-state index is 13.8. The van der Waals surface area contributed by atoms with Gasteiger partial charge in [-0.15, -0.1) is 0 Å². The lowest BCUT2D eigenvalue weighted by molar-refractivity contribution is 0.0697. The van der Waals surface area contributed by atoms with Gasteiger partial charge in [0.15, 0.2) is 5.11 Å². The van der Waals surface area contributed by atoms with Crippen molar-refractivity contribution in [2.45, 2.75) is 38.1 Å². The minimum absolute atomic E-state index is 0.00109. The Hall–Kier alpha value is -2.80. The Morgan fingerprint density at radius 3 is 2.31 bits per heavy atom. The van der Waals surface area contributed by atoms with Gasteiger partial charge in [0.25, 0.3) is 11.8 Å². The minimum Gasteiger partial charge on any atom is -0.339 e. The van der Waals surface area contributed by atoms with Crippen molar-refractivity contribution >= 4 is 34.8 Å². The van der Waals surface area contributed by atoms with Gasteiger partial charge in [-0.2, -0.15) is 0 Å². The summed E-state index contributed by atoms with van der Waals surface area (Å²) in [5.74, 6) is -1.37. The summed E-state index contributed by atoms with van der Waals surface area (Å²) >= 11 is 5.20. The second-order valence-electron chi connectivity index (χ2n) is 7.14. The van der Waals surface area contributed by atoms with Crippen molar-refractivity contribution in [3.05, 3.63) is 65.5 Å². The van der Waals surface area contributed by atoms with Crippen LogP contribution in [0, 0.1) is 5.82 Å². The lowest BCUT2D eigenvalue weighted by atomic mass is 9.94. The average molecular weight is 414 g/mol. The summed E-state index contributed by atoms with van der Waals surface area (Å²) in [6.45, 7) is 0. The zero-order valence-electron chi connectivity index (χ0n) is 16.3. The first-order chi connectivity index (χ1) is 14.0. The molecule has 0 bridgehead atoms. The van der Waals surface area contributed by atoms with E-state index < -0.39 is 11.7 Å². The third-order valence-electron chi connectivity index (χ3n) is 5.19. The molecule has 2 amide bonds. The van der Waals surface area contributed by atoms with E-state index in [-0.39, 0.29) is 22.6 Å². The molecule has 2 aromatic rings. The van der Waals surface area contributed by atoms with E-state index in [0.29, 0.717) is 11.3 Å². The summed E-state index contributed by atoms with van der Waals surface area (Å²) in [5.41, 5.74) is 0.875. The Labute approximate surface area is 175 Å². The molecule has 152 valence electrons. The van der Waals surface area contributed by atoms with Crippen LogP contribution in [0.4, 0.5) is 10.1 Å². The molecule has 0 spiro atoms. The Kier molecular flexibility index (Phi) is 6.93. The van der Waals surface area contributed by atoms with Crippen LogP contribution in [0.25, 0.3) is 0 Å². The number of carbonyl (C=O) groups is 2. The fourth-order valence-corrected chi connectivity index (χ4v) is 3.77. The van der Waals surface area contributed by atoms with E-state index in [0.717, 1.165) is 25.7 Å². The molecule has 7 heteroatoms. The number of hydrogen-bond donors (Lipinski definition) is 2. The van der Waals surface area contributed by atoms with E-state index >= 15 is 0 Å². The highest BCUT2D eigenvalue weighted by molar-refractivity contribution is 7.80. The topological polar surface area (TPSA) is 61.4 Å². The Morgan fingerprint density at radius 2 is 1.62 bits per heavy atom. The molecular formula is C22H24FN3O2S. The number of carbonyl (C=O) groups excluding carboxylic acids is 2. The van der Waals surface area contributed by atoms with Crippen molar-refractivity contribution < 1.29 is 14.0 Å². The minimum atomic E-state index is -0.649. The number of nitrogens with zero attached hydrogens (tertiary/aromatic N) is 1. The van der Waals surface area contributed by atoms with Crippen molar-refractivity contribution in [1.29, 1.82) is 0 Å². The third kappa shape index (κ3) is 5.17. The average Bonchev–Trinajstić information content (AvgIpc) is 2.74. The van der Waals surface area contributed by atoms with Gasteiger partial charge in [0, 0.05) is 13.1 Å². The van der Waals surface area contributed by atoms with Gasteiger partial charge in [0.2, 0.25) is 0 Å². The molecule has 1 saturated carbocycles. The second-order valence-corrected chi connectivity index (χ2v) is 7.55. The highest BCUT2D eigenvalue weighted by Gasteiger charge is 2.24. The van der Waals surface area contributed by atoms with Crippen molar-refractivity contribution in [1.82, 2.24) is 10.2 Å². The van der Waals surface area contributed by atoms with Gasteiger partial charge >= 0.3 is 0 Å². The molecule has 1 aliphatic rings. The number of thiocarbonyl (C=S) groups is 1. The van der Waals surface area contributed by atoms with E-state index in [1.54, 1.807) is 35.2 Å². The number of benzene rings is 2. The summed E-state index contributed by atoms with van der Waals surface area (Å²) in [4.78, 5) is 27.1. The highest BCUT2D eigenvalue weighted by atomic mass is 32.1. The lowest BCUT2D eigenvalue weighted by Gasteiger charge is -2.31. The number of amides is 2. The van der Waals surface area contributed by atoms with E-state index in [2.05, 4.69) is 10.6 Å². The normalized spacial score (nSPS) is 14.1. The van der Waals surface area contributed by atoms with Crippen LogP contribution >= 0.6 is 12.2 Å². The van der Waals surface area contributed by atoms with Crippen LogP contribution in [0.5, 0.6) is 0 Å².